The zero-order valence-corrected chi connectivity index (χ0v) is 11.9. The van der Waals surface area contributed by atoms with Gasteiger partial charge in [-0.05, 0) is 12.0 Å². The third-order valence-electron chi connectivity index (χ3n) is 3.31. The van der Waals surface area contributed by atoms with Crippen molar-refractivity contribution in [1.82, 2.24) is 4.90 Å². The van der Waals surface area contributed by atoms with Crippen molar-refractivity contribution < 1.29 is 14.7 Å². The first-order valence-corrected chi connectivity index (χ1v) is 7.65. The van der Waals surface area contributed by atoms with Crippen molar-refractivity contribution in [2.45, 2.75) is 18.5 Å². The van der Waals surface area contributed by atoms with Crippen molar-refractivity contribution in [2.24, 2.45) is 5.73 Å². The number of thioether (sulfide) groups is 1. The lowest BCUT2D eigenvalue weighted by Gasteiger charge is -2.34. The number of benzene rings is 1. The number of carbonyl (C=O) groups excluding carboxylic acids is 1. The minimum absolute atomic E-state index is 0.276. The molecule has 1 aromatic carbocycles. The van der Waals surface area contributed by atoms with E-state index >= 15 is 0 Å². The van der Waals surface area contributed by atoms with Crippen LogP contribution < -0.4 is 5.73 Å². The summed E-state index contributed by atoms with van der Waals surface area (Å²) in [4.78, 5) is 25.0. The molecule has 0 saturated carbocycles. The van der Waals surface area contributed by atoms with Crippen LogP contribution in [0.1, 0.15) is 5.56 Å². The lowest BCUT2D eigenvalue weighted by Crippen LogP contribution is -2.55. The van der Waals surface area contributed by atoms with E-state index in [9.17, 15) is 14.7 Å². The summed E-state index contributed by atoms with van der Waals surface area (Å²) < 4.78 is 0. The highest BCUT2D eigenvalue weighted by Gasteiger charge is 2.34. The van der Waals surface area contributed by atoms with Crippen LogP contribution in [0.3, 0.4) is 0 Å². The smallest absolute Gasteiger partial charge is 0.327 e. The Labute approximate surface area is 122 Å². The van der Waals surface area contributed by atoms with Crippen LogP contribution in [0.5, 0.6) is 0 Å². The van der Waals surface area contributed by atoms with Crippen molar-refractivity contribution in [3.8, 4) is 0 Å². The van der Waals surface area contributed by atoms with Gasteiger partial charge in [0.25, 0.3) is 0 Å². The second kappa shape index (κ2) is 6.76. The standard InChI is InChI=1S/C14H18N2O3S/c15-11(8-10-4-2-1-3-5-10)13(17)16-6-7-20-9-12(16)14(18)19/h1-5,11-12H,6-9,15H2,(H,18,19). The Morgan fingerprint density at radius 3 is 2.75 bits per heavy atom. The van der Waals surface area contributed by atoms with Gasteiger partial charge in [0.15, 0.2) is 0 Å². The first-order valence-electron chi connectivity index (χ1n) is 6.50. The van der Waals surface area contributed by atoms with Crippen molar-refractivity contribution in [3.63, 3.8) is 0 Å². The highest BCUT2D eigenvalue weighted by Crippen LogP contribution is 2.18. The van der Waals surface area contributed by atoms with Crippen LogP contribution in [0.2, 0.25) is 0 Å². The van der Waals surface area contributed by atoms with Crippen molar-refractivity contribution >= 4 is 23.6 Å². The van der Waals surface area contributed by atoms with E-state index < -0.39 is 18.1 Å². The number of amides is 1. The normalized spacial score (nSPS) is 20.4. The summed E-state index contributed by atoms with van der Waals surface area (Å²) in [6, 6.07) is 8.06. The van der Waals surface area contributed by atoms with Gasteiger partial charge in [0.1, 0.15) is 6.04 Å². The summed E-state index contributed by atoms with van der Waals surface area (Å²) >= 11 is 1.55. The molecule has 20 heavy (non-hydrogen) atoms. The molecule has 2 unspecified atom stereocenters. The Kier molecular flexibility index (Phi) is 5.03. The first-order chi connectivity index (χ1) is 9.59. The summed E-state index contributed by atoms with van der Waals surface area (Å²) in [6.45, 7) is 0.447. The van der Waals surface area contributed by atoms with Crippen LogP contribution in [0.15, 0.2) is 30.3 Å². The molecule has 1 aliphatic rings. The molecule has 2 rings (SSSR count). The molecule has 1 saturated heterocycles. The predicted molar refractivity (Wildman–Crippen MR) is 78.6 cm³/mol. The van der Waals surface area contributed by atoms with Crippen LogP contribution in [0.4, 0.5) is 0 Å². The van der Waals surface area contributed by atoms with E-state index in [1.165, 1.54) is 4.90 Å². The van der Waals surface area contributed by atoms with E-state index in [4.69, 9.17) is 5.73 Å². The number of hydrogen-bond donors (Lipinski definition) is 2. The highest BCUT2D eigenvalue weighted by atomic mass is 32.2. The Bertz CT molecular complexity index is 481. The van der Waals surface area contributed by atoms with Crippen LogP contribution in [0.25, 0.3) is 0 Å². The van der Waals surface area contributed by atoms with Gasteiger partial charge >= 0.3 is 5.97 Å². The number of carboxylic acid groups (broad SMARTS) is 1. The molecule has 3 N–H and O–H groups in total. The maximum Gasteiger partial charge on any atom is 0.327 e. The lowest BCUT2D eigenvalue weighted by atomic mass is 10.0. The molecule has 0 aromatic heterocycles. The van der Waals surface area contributed by atoms with E-state index in [2.05, 4.69) is 0 Å². The summed E-state index contributed by atoms with van der Waals surface area (Å²) in [5, 5.41) is 9.18. The fourth-order valence-electron chi connectivity index (χ4n) is 2.24. The number of nitrogens with zero attached hydrogens (tertiary/aromatic N) is 1. The number of rotatable bonds is 4. The van der Waals surface area contributed by atoms with Gasteiger partial charge in [0, 0.05) is 18.1 Å². The van der Waals surface area contributed by atoms with Crippen LogP contribution >= 0.6 is 11.8 Å². The minimum atomic E-state index is -0.961. The molecule has 5 nitrogen and oxygen atoms in total. The topological polar surface area (TPSA) is 83.6 Å². The molecular weight excluding hydrogens is 276 g/mol. The molecule has 1 heterocycles. The summed E-state index contributed by atoms with van der Waals surface area (Å²) in [5.41, 5.74) is 6.93. The zero-order chi connectivity index (χ0) is 14.5. The molecule has 108 valence electrons. The number of aliphatic carboxylic acids is 1. The molecule has 1 fully saturated rings. The fraction of sp³-hybridized carbons (Fsp3) is 0.429. The van der Waals surface area contributed by atoms with Crippen LogP contribution in [-0.4, -0.2) is 52.0 Å². The van der Waals surface area contributed by atoms with Gasteiger partial charge in [-0.15, -0.1) is 0 Å². The molecule has 0 radical (unpaired) electrons. The molecule has 1 aliphatic heterocycles. The second-order valence-corrected chi connectivity index (χ2v) is 5.91. The monoisotopic (exact) mass is 294 g/mol. The molecule has 2 atom stereocenters. The van der Waals surface area contributed by atoms with Crippen molar-refractivity contribution in [2.75, 3.05) is 18.1 Å². The van der Waals surface area contributed by atoms with E-state index in [-0.39, 0.29) is 5.91 Å². The van der Waals surface area contributed by atoms with Gasteiger partial charge in [0.05, 0.1) is 6.04 Å². The maximum absolute atomic E-state index is 12.3. The Hall–Kier alpha value is -1.53. The third kappa shape index (κ3) is 3.52. The van der Waals surface area contributed by atoms with E-state index in [0.29, 0.717) is 18.7 Å². The minimum Gasteiger partial charge on any atom is -0.480 e. The van der Waals surface area contributed by atoms with Crippen LogP contribution in [0, 0.1) is 0 Å². The molecule has 0 bridgehead atoms. The third-order valence-corrected chi connectivity index (χ3v) is 4.33. The molecule has 1 aromatic rings. The largest absolute Gasteiger partial charge is 0.480 e. The summed E-state index contributed by atoms with van der Waals surface area (Å²) in [5.74, 6) is -0.0498. The Balaban J connectivity index is 2.03. The number of hydrogen-bond acceptors (Lipinski definition) is 4. The number of carboxylic acids is 1. The zero-order valence-electron chi connectivity index (χ0n) is 11.1. The van der Waals surface area contributed by atoms with Crippen molar-refractivity contribution in [3.05, 3.63) is 35.9 Å². The first kappa shape index (κ1) is 14.9. The van der Waals surface area contributed by atoms with Crippen LogP contribution in [-0.2, 0) is 16.0 Å². The maximum atomic E-state index is 12.3. The number of nitrogens with two attached hydrogens (primary N) is 1. The average Bonchev–Trinajstić information content (AvgIpc) is 2.47. The van der Waals surface area contributed by atoms with E-state index in [1.807, 2.05) is 30.3 Å². The molecule has 1 amide bonds. The van der Waals surface area contributed by atoms with E-state index in [0.717, 1.165) is 11.3 Å². The molecule has 0 spiro atoms. The fourth-order valence-corrected chi connectivity index (χ4v) is 3.28. The quantitative estimate of drug-likeness (QED) is 0.849. The van der Waals surface area contributed by atoms with Gasteiger partial charge in [-0.1, -0.05) is 30.3 Å². The average molecular weight is 294 g/mol. The van der Waals surface area contributed by atoms with Gasteiger partial charge in [-0.3, -0.25) is 4.79 Å². The second-order valence-electron chi connectivity index (χ2n) is 4.76. The Morgan fingerprint density at radius 1 is 1.40 bits per heavy atom. The predicted octanol–water partition coefficient (Wildman–Crippen LogP) is 0.585. The van der Waals surface area contributed by atoms with Gasteiger partial charge < -0.3 is 15.7 Å². The Morgan fingerprint density at radius 2 is 2.10 bits per heavy atom. The van der Waals surface area contributed by atoms with Crippen molar-refractivity contribution in [1.29, 1.82) is 0 Å². The van der Waals surface area contributed by atoms with Gasteiger partial charge in [0.2, 0.25) is 5.91 Å². The summed E-state index contributed by atoms with van der Waals surface area (Å²) in [7, 11) is 0. The SMILES string of the molecule is NC(Cc1ccccc1)C(=O)N1CCSCC1C(=O)O. The van der Waals surface area contributed by atoms with Gasteiger partial charge in [-0.25, -0.2) is 4.79 Å². The number of carbonyl (C=O) groups is 2. The van der Waals surface area contributed by atoms with E-state index in [1.54, 1.807) is 11.8 Å². The molecule has 0 aliphatic carbocycles. The summed E-state index contributed by atoms with van der Waals surface area (Å²) in [6.07, 6.45) is 0.426. The lowest BCUT2D eigenvalue weighted by molar-refractivity contribution is -0.149. The van der Waals surface area contributed by atoms with Gasteiger partial charge in [-0.2, -0.15) is 11.8 Å². The highest BCUT2D eigenvalue weighted by molar-refractivity contribution is 7.99. The molecule has 6 heteroatoms. The molecular formula is C14H18N2O3S.